The summed E-state index contributed by atoms with van der Waals surface area (Å²) in [5.74, 6) is 0.312. The molecule has 1 aromatic rings. The largest absolute Gasteiger partial charge is 0.490 e. The Morgan fingerprint density at radius 3 is 2.77 bits per heavy atom. The third kappa shape index (κ3) is 2.75. The number of anilines is 1. The number of rotatable bonds is 3. The van der Waals surface area contributed by atoms with Crippen LogP contribution in [0.25, 0.3) is 0 Å². The second-order valence-corrected chi connectivity index (χ2v) is 6.10. The molecule has 6 nitrogen and oxygen atoms in total. The minimum Gasteiger partial charge on any atom is -0.490 e. The molecule has 1 aromatic carbocycles. The van der Waals surface area contributed by atoms with E-state index < -0.39 is 0 Å². The van der Waals surface area contributed by atoms with Crippen molar-refractivity contribution in [3.63, 3.8) is 0 Å². The molecule has 1 aliphatic heterocycles. The molecular formula is C16H22N2O4. The number of para-hydroxylation sites is 1. The Kier molecular flexibility index (Phi) is 4.20. The molecule has 3 rings (SSSR count). The van der Waals surface area contributed by atoms with Crippen molar-refractivity contribution in [3.05, 3.63) is 28.3 Å². The molecule has 0 bridgehead atoms. The normalized spacial score (nSPS) is 20.9. The van der Waals surface area contributed by atoms with Crippen molar-refractivity contribution in [2.24, 2.45) is 0 Å². The van der Waals surface area contributed by atoms with Crippen LogP contribution in [0.1, 0.15) is 32.1 Å². The fourth-order valence-corrected chi connectivity index (χ4v) is 3.66. The zero-order valence-corrected chi connectivity index (χ0v) is 12.9. The molecule has 1 spiro atoms. The summed E-state index contributed by atoms with van der Waals surface area (Å²) in [7, 11) is 1.47. The van der Waals surface area contributed by atoms with Gasteiger partial charge in [-0.25, -0.2) is 0 Å². The highest BCUT2D eigenvalue weighted by molar-refractivity contribution is 5.70. The first-order valence-electron chi connectivity index (χ1n) is 7.85. The van der Waals surface area contributed by atoms with Crippen LogP contribution in [0, 0.1) is 10.1 Å². The number of ether oxygens (including phenoxy) is 2. The number of hydrogen-bond donors (Lipinski definition) is 0. The average Bonchev–Trinajstić information content (AvgIpc) is 2.54. The maximum absolute atomic E-state index is 11.5. The Morgan fingerprint density at radius 2 is 2.09 bits per heavy atom. The maximum Gasteiger partial charge on any atom is 0.333 e. The second-order valence-electron chi connectivity index (χ2n) is 6.10. The summed E-state index contributed by atoms with van der Waals surface area (Å²) in [6.07, 6.45) is 5.69. The van der Waals surface area contributed by atoms with Crippen molar-refractivity contribution in [2.45, 2.75) is 37.7 Å². The van der Waals surface area contributed by atoms with Gasteiger partial charge in [-0.3, -0.25) is 10.1 Å². The van der Waals surface area contributed by atoms with Gasteiger partial charge in [0.15, 0.2) is 5.75 Å². The topological polar surface area (TPSA) is 64.8 Å². The van der Waals surface area contributed by atoms with Gasteiger partial charge in [0.05, 0.1) is 24.2 Å². The number of methoxy groups -OCH3 is 1. The Labute approximate surface area is 130 Å². The smallest absolute Gasteiger partial charge is 0.333 e. The molecule has 0 aromatic heterocycles. The molecular weight excluding hydrogens is 284 g/mol. The van der Waals surface area contributed by atoms with Crippen molar-refractivity contribution in [1.82, 2.24) is 0 Å². The summed E-state index contributed by atoms with van der Waals surface area (Å²) < 4.78 is 11.2. The molecule has 6 heteroatoms. The highest BCUT2D eigenvalue weighted by Crippen LogP contribution is 2.41. The molecule has 0 amide bonds. The van der Waals surface area contributed by atoms with Crippen LogP contribution in [0.4, 0.5) is 11.4 Å². The predicted octanol–water partition coefficient (Wildman–Crippen LogP) is 3.14. The molecule has 1 heterocycles. The van der Waals surface area contributed by atoms with Crippen LogP contribution in [-0.2, 0) is 4.74 Å². The van der Waals surface area contributed by atoms with E-state index in [0.29, 0.717) is 24.6 Å². The van der Waals surface area contributed by atoms with Gasteiger partial charge >= 0.3 is 5.69 Å². The lowest BCUT2D eigenvalue weighted by atomic mass is 9.83. The van der Waals surface area contributed by atoms with Crippen molar-refractivity contribution in [3.8, 4) is 5.75 Å². The Balaban J connectivity index is 1.91. The van der Waals surface area contributed by atoms with Gasteiger partial charge in [-0.15, -0.1) is 0 Å². The molecule has 120 valence electrons. The van der Waals surface area contributed by atoms with Gasteiger partial charge in [-0.2, -0.15) is 0 Å². The minimum absolute atomic E-state index is 0.0536. The van der Waals surface area contributed by atoms with Gasteiger partial charge < -0.3 is 14.4 Å². The highest BCUT2D eigenvalue weighted by Gasteiger charge is 2.39. The van der Waals surface area contributed by atoms with E-state index in [1.165, 1.54) is 26.4 Å². The van der Waals surface area contributed by atoms with E-state index in [1.807, 2.05) is 12.1 Å². The van der Waals surface area contributed by atoms with E-state index in [-0.39, 0.29) is 16.2 Å². The minimum atomic E-state index is -0.350. The number of morpholine rings is 1. The third-order valence-electron chi connectivity index (χ3n) is 4.73. The van der Waals surface area contributed by atoms with Crippen molar-refractivity contribution < 1.29 is 14.4 Å². The monoisotopic (exact) mass is 306 g/mol. The standard InChI is InChI=1S/C16H22N2O4/c1-21-14-7-5-6-13(15(14)18(19)20)17-10-11-22-16(12-17)8-3-2-4-9-16/h5-7H,2-4,8-12H2,1H3. The number of nitrogens with zero attached hydrogens (tertiary/aromatic N) is 2. The molecule has 22 heavy (non-hydrogen) atoms. The second kappa shape index (κ2) is 6.12. The number of benzene rings is 1. The summed E-state index contributed by atoms with van der Waals surface area (Å²) in [4.78, 5) is 13.2. The Morgan fingerprint density at radius 1 is 1.32 bits per heavy atom. The first kappa shape index (κ1) is 15.1. The molecule has 1 aliphatic carbocycles. The van der Waals surface area contributed by atoms with Crippen LogP contribution in [0.3, 0.4) is 0 Å². The summed E-state index contributed by atoms with van der Waals surface area (Å²) >= 11 is 0. The Bertz CT molecular complexity index is 550. The van der Waals surface area contributed by atoms with Crippen molar-refractivity contribution in [2.75, 3.05) is 31.7 Å². The quantitative estimate of drug-likeness (QED) is 0.634. The fraction of sp³-hybridized carbons (Fsp3) is 0.625. The van der Waals surface area contributed by atoms with E-state index in [0.717, 1.165) is 19.4 Å². The molecule has 0 radical (unpaired) electrons. The van der Waals surface area contributed by atoms with Crippen LogP contribution in [0.15, 0.2) is 18.2 Å². The lowest BCUT2D eigenvalue weighted by Gasteiger charge is -2.45. The first-order chi connectivity index (χ1) is 10.7. The molecule has 1 saturated carbocycles. The summed E-state index contributed by atoms with van der Waals surface area (Å²) in [6, 6.07) is 5.26. The van der Waals surface area contributed by atoms with Gasteiger partial charge in [0.2, 0.25) is 0 Å². The van der Waals surface area contributed by atoms with Crippen LogP contribution >= 0.6 is 0 Å². The Hall–Kier alpha value is -1.82. The SMILES string of the molecule is COc1cccc(N2CCOC3(CCCCC3)C2)c1[N+](=O)[O-]. The zero-order valence-electron chi connectivity index (χ0n) is 12.9. The van der Waals surface area contributed by atoms with Gasteiger partial charge in [0, 0.05) is 13.1 Å². The summed E-state index contributed by atoms with van der Waals surface area (Å²) in [6.45, 7) is 2.02. The first-order valence-corrected chi connectivity index (χ1v) is 7.85. The third-order valence-corrected chi connectivity index (χ3v) is 4.73. The van der Waals surface area contributed by atoms with Crippen LogP contribution < -0.4 is 9.64 Å². The van der Waals surface area contributed by atoms with E-state index in [9.17, 15) is 10.1 Å². The highest BCUT2D eigenvalue weighted by atomic mass is 16.6. The van der Waals surface area contributed by atoms with Gasteiger partial charge in [-0.05, 0) is 25.0 Å². The average molecular weight is 306 g/mol. The van der Waals surface area contributed by atoms with Crippen molar-refractivity contribution >= 4 is 11.4 Å². The van der Waals surface area contributed by atoms with Gasteiger partial charge in [0.25, 0.3) is 0 Å². The van der Waals surface area contributed by atoms with E-state index in [2.05, 4.69) is 4.90 Å². The number of nitro groups is 1. The van der Waals surface area contributed by atoms with Gasteiger partial charge in [0.1, 0.15) is 5.69 Å². The molecule has 2 aliphatic rings. The summed E-state index contributed by atoms with van der Waals surface area (Å²) in [5.41, 5.74) is 0.559. The van der Waals surface area contributed by atoms with Crippen LogP contribution in [0.5, 0.6) is 5.75 Å². The number of hydrogen-bond acceptors (Lipinski definition) is 5. The lowest BCUT2D eigenvalue weighted by molar-refractivity contribution is -0.385. The van der Waals surface area contributed by atoms with Crippen molar-refractivity contribution in [1.29, 1.82) is 0 Å². The molecule has 0 unspecified atom stereocenters. The van der Waals surface area contributed by atoms with E-state index >= 15 is 0 Å². The van der Waals surface area contributed by atoms with E-state index in [4.69, 9.17) is 9.47 Å². The number of nitro benzene ring substituents is 1. The van der Waals surface area contributed by atoms with E-state index in [1.54, 1.807) is 6.07 Å². The maximum atomic E-state index is 11.5. The molecule has 2 fully saturated rings. The molecule has 1 saturated heterocycles. The van der Waals surface area contributed by atoms with Crippen LogP contribution in [-0.4, -0.2) is 37.3 Å². The fourth-order valence-electron chi connectivity index (χ4n) is 3.66. The summed E-state index contributed by atoms with van der Waals surface area (Å²) in [5, 5.41) is 11.5. The zero-order chi connectivity index (χ0) is 15.6. The van der Waals surface area contributed by atoms with Gasteiger partial charge in [-0.1, -0.05) is 25.3 Å². The molecule has 0 N–H and O–H groups in total. The predicted molar refractivity (Wildman–Crippen MR) is 83.6 cm³/mol. The lowest BCUT2D eigenvalue weighted by Crippen LogP contribution is -2.53. The van der Waals surface area contributed by atoms with Crippen LogP contribution in [0.2, 0.25) is 0 Å². The molecule has 0 atom stereocenters.